The van der Waals surface area contributed by atoms with Crippen LogP contribution in [0.2, 0.25) is 0 Å². The predicted octanol–water partition coefficient (Wildman–Crippen LogP) is 2.93. The van der Waals surface area contributed by atoms with E-state index in [0.717, 1.165) is 16.5 Å². The lowest BCUT2D eigenvalue weighted by Gasteiger charge is -2.19. The van der Waals surface area contributed by atoms with Gasteiger partial charge in [0, 0.05) is 17.3 Å². The Balaban J connectivity index is 2.17. The molecule has 2 rings (SSSR count). The molecule has 0 unspecified atom stereocenters. The second kappa shape index (κ2) is 4.91. The normalized spacial score (nSPS) is 17.8. The van der Waals surface area contributed by atoms with Gasteiger partial charge in [-0.15, -0.1) is 0 Å². The Morgan fingerprint density at radius 3 is 2.38 bits per heavy atom. The molecule has 0 heterocycles. The minimum Gasteiger partial charge on any atom is -0.299 e. The number of carbonyl (C=O) groups is 2. The molecule has 2 nitrogen and oxygen atoms in total. The van der Waals surface area contributed by atoms with Crippen molar-refractivity contribution in [1.82, 2.24) is 0 Å². The first-order valence-corrected chi connectivity index (χ1v) is 6.26. The van der Waals surface area contributed by atoms with Gasteiger partial charge in [-0.3, -0.25) is 9.59 Å². The number of rotatable bonds is 2. The van der Waals surface area contributed by atoms with Gasteiger partial charge in [-0.05, 0) is 24.5 Å². The lowest BCUT2D eigenvalue weighted by atomic mass is 9.83. The molecule has 1 aromatic rings. The topological polar surface area (TPSA) is 34.1 Å². The van der Waals surface area contributed by atoms with Crippen LogP contribution in [0, 0.1) is 5.92 Å². The van der Waals surface area contributed by atoms with Crippen molar-refractivity contribution in [3.8, 4) is 0 Å². The standard InChI is InChI=1S/C13H13BrO2/c14-11-5-2-1-4-9(11)8-10-12(15)6-3-7-13(10)16/h1-2,4-5,10H,3,6-8H2. The number of ketones is 2. The van der Waals surface area contributed by atoms with Crippen LogP contribution in [0.5, 0.6) is 0 Å². The van der Waals surface area contributed by atoms with Crippen LogP contribution in [0.15, 0.2) is 28.7 Å². The maximum atomic E-state index is 11.7. The van der Waals surface area contributed by atoms with Crippen LogP contribution < -0.4 is 0 Å². The number of Topliss-reactive ketones (excluding diaryl/α,β-unsaturated/α-hetero) is 2. The Morgan fingerprint density at radius 2 is 1.75 bits per heavy atom. The Morgan fingerprint density at radius 1 is 1.12 bits per heavy atom. The number of halogens is 1. The molecule has 0 bridgehead atoms. The average molecular weight is 281 g/mol. The van der Waals surface area contributed by atoms with Crippen LogP contribution in [0.1, 0.15) is 24.8 Å². The molecule has 0 aromatic heterocycles. The van der Waals surface area contributed by atoms with E-state index in [-0.39, 0.29) is 11.6 Å². The summed E-state index contributed by atoms with van der Waals surface area (Å²) < 4.78 is 0.973. The number of hydrogen-bond acceptors (Lipinski definition) is 2. The molecule has 0 amide bonds. The maximum absolute atomic E-state index is 11.7. The van der Waals surface area contributed by atoms with E-state index in [0.29, 0.717) is 19.3 Å². The van der Waals surface area contributed by atoms with E-state index in [1.807, 2.05) is 24.3 Å². The first-order valence-electron chi connectivity index (χ1n) is 5.47. The number of carbonyl (C=O) groups excluding carboxylic acids is 2. The first-order chi connectivity index (χ1) is 7.68. The highest BCUT2D eigenvalue weighted by atomic mass is 79.9. The SMILES string of the molecule is O=C1CCCC(=O)C1Cc1ccccc1Br. The molecule has 1 fully saturated rings. The fourth-order valence-corrected chi connectivity index (χ4v) is 2.52. The van der Waals surface area contributed by atoms with Crippen LogP contribution >= 0.6 is 15.9 Å². The molecule has 1 aliphatic rings. The van der Waals surface area contributed by atoms with Gasteiger partial charge in [-0.2, -0.15) is 0 Å². The van der Waals surface area contributed by atoms with Crippen molar-refractivity contribution in [2.24, 2.45) is 5.92 Å². The summed E-state index contributed by atoms with van der Waals surface area (Å²) in [5.41, 5.74) is 1.04. The minimum absolute atomic E-state index is 0.104. The monoisotopic (exact) mass is 280 g/mol. The van der Waals surface area contributed by atoms with E-state index in [1.54, 1.807) is 0 Å². The van der Waals surface area contributed by atoms with E-state index < -0.39 is 5.92 Å². The fourth-order valence-electron chi connectivity index (χ4n) is 2.08. The second-order valence-electron chi connectivity index (χ2n) is 4.13. The van der Waals surface area contributed by atoms with Crippen LogP contribution in [0.25, 0.3) is 0 Å². The molecular weight excluding hydrogens is 268 g/mol. The summed E-state index contributed by atoms with van der Waals surface area (Å²) >= 11 is 3.44. The zero-order valence-corrected chi connectivity index (χ0v) is 10.5. The first kappa shape index (κ1) is 11.5. The molecule has 16 heavy (non-hydrogen) atoms. The third-order valence-corrected chi connectivity index (χ3v) is 3.78. The molecule has 0 saturated heterocycles. The van der Waals surface area contributed by atoms with Gasteiger partial charge in [-0.1, -0.05) is 34.1 Å². The van der Waals surface area contributed by atoms with Gasteiger partial charge >= 0.3 is 0 Å². The Bertz CT molecular complexity index is 410. The van der Waals surface area contributed by atoms with Crippen molar-refractivity contribution >= 4 is 27.5 Å². The fraction of sp³-hybridized carbons (Fsp3) is 0.385. The quantitative estimate of drug-likeness (QED) is 0.781. The molecular formula is C13H13BrO2. The molecule has 84 valence electrons. The molecule has 0 radical (unpaired) electrons. The maximum Gasteiger partial charge on any atom is 0.143 e. The van der Waals surface area contributed by atoms with E-state index >= 15 is 0 Å². The Labute approximate surface area is 103 Å². The van der Waals surface area contributed by atoms with Gasteiger partial charge < -0.3 is 0 Å². The van der Waals surface area contributed by atoms with E-state index in [4.69, 9.17) is 0 Å². The lowest BCUT2D eigenvalue weighted by Crippen LogP contribution is -2.30. The van der Waals surface area contributed by atoms with Gasteiger partial charge in [0.05, 0.1) is 5.92 Å². The smallest absolute Gasteiger partial charge is 0.143 e. The second-order valence-corrected chi connectivity index (χ2v) is 4.99. The van der Waals surface area contributed by atoms with E-state index in [9.17, 15) is 9.59 Å². The van der Waals surface area contributed by atoms with Crippen molar-refractivity contribution in [3.63, 3.8) is 0 Å². The van der Waals surface area contributed by atoms with Gasteiger partial charge in [0.1, 0.15) is 11.6 Å². The largest absolute Gasteiger partial charge is 0.299 e. The third kappa shape index (κ3) is 2.40. The summed E-state index contributed by atoms with van der Waals surface area (Å²) in [4.78, 5) is 23.4. The predicted molar refractivity (Wildman–Crippen MR) is 65.2 cm³/mol. The van der Waals surface area contributed by atoms with Gasteiger partial charge in [0.15, 0.2) is 0 Å². The number of benzene rings is 1. The van der Waals surface area contributed by atoms with Crippen molar-refractivity contribution in [2.45, 2.75) is 25.7 Å². The average Bonchev–Trinajstić information content (AvgIpc) is 2.26. The summed E-state index contributed by atoms with van der Waals surface area (Å²) in [7, 11) is 0. The summed E-state index contributed by atoms with van der Waals surface area (Å²) in [6.45, 7) is 0. The zero-order valence-electron chi connectivity index (χ0n) is 8.91. The van der Waals surface area contributed by atoms with Crippen molar-refractivity contribution in [3.05, 3.63) is 34.3 Å². The van der Waals surface area contributed by atoms with Crippen LogP contribution in [-0.2, 0) is 16.0 Å². The molecule has 1 saturated carbocycles. The Hall–Kier alpha value is -0.960. The molecule has 3 heteroatoms. The molecule has 0 aliphatic heterocycles. The van der Waals surface area contributed by atoms with Gasteiger partial charge in [0.25, 0.3) is 0 Å². The molecule has 1 aromatic carbocycles. The molecule has 0 atom stereocenters. The van der Waals surface area contributed by atoms with Crippen LogP contribution in [0.3, 0.4) is 0 Å². The van der Waals surface area contributed by atoms with Gasteiger partial charge in [-0.25, -0.2) is 0 Å². The highest BCUT2D eigenvalue weighted by molar-refractivity contribution is 9.10. The van der Waals surface area contributed by atoms with E-state index in [2.05, 4.69) is 15.9 Å². The zero-order chi connectivity index (χ0) is 11.5. The minimum atomic E-state index is -0.410. The summed E-state index contributed by atoms with van der Waals surface area (Å²) in [6, 6.07) is 7.75. The summed E-state index contributed by atoms with van der Waals surface area (Å²) in [5.74, 6) is -0.202. The summed E-state index contributed by atoms with van der Waals surface area (Å²) in [6.07, 6.45) is 2.38. The molecule has 0 N–H and O–H groups in total. The third-order valence-electron chi connectivity index (χ3n) is 3.01. The highest BCUT2D eigenvalue weighted by Gasteiger charge is 2.30. The van der Waals surface area contributed by atoms with E-state index in [1.165, 1.54) is 0 Å². The van der Waals surface area contributed by atoms with Crippen LogP contribution in [-0.4, -0.2) is 11.6 Å². The summed E-state index contributed by atoms with van der Waals surface area (Å²) in [5, 5.41) is 0. The number of hydrogen-bond donors (Lipinski definition) is 0. The van der Waals surface area contributed by atoms with Crippen molar-refractivity contribution in [2.75, 3.05) is 0 Å². The van der Waals surface area contributed by atoms with Crippen molar-refractivity contribution < 1.29 is 9.59 Å². The van der Waals surface area contributed by atoms with Crippen molar-refractivity contribution in [1.29, 1.82) is 0 Å². The lowest BCUT2D eigenvalue weighted by molar-refractivity contribution is -0.135. The molecule has 1 aliphatic carbocycles. The Kier molecular flexibility index (Phi) is 3.54. The van der Waals surface area contributed by atoms with Gasteiger partial charge in [0.2, 0.25) is 0 Å². The molecule has 0 spiro atoms. The highest BCUT2D eigenvalue weighted by Crippen LogP contribution is 2.25. The van der Waals surface area contributed by atoms with Crippen LogP contribution in [0.4, 0.5) is 0 Å².